The highest BCUT2D eigenvalue weighted by molar-refractivity contribution is 6.01. The van der Waals surface area contributed by atoms with Crippen molar-refractivity contribution in [3.63, 3.8) is 0 Å². The Labute approximate surface area is 313 Å². The molecule has 53 heavy (non-hydrogen) atoms. The third-order valence-electron chi connectivity index (χ3n) is 7.92. The Morgan fingerprint density at radius 2 is 0.906 bits per heavy atom. The van der Waals surface area contributed by atoms with E-state index in [1.165, 1.54) is 7.11 Å². The second kappa shape index (κ2) is 20.1. The van der Waals surface area contributed by atoms with Crippen LogP contribution in [0.4, 0.5) is 0 Å². The van der Waals surface area contributed by atoms with Crippen LogP contribution in [-0.4, -0.2) is 168 Å². The molecular formula is C36H61N5O12. The highest BCUT2D eigenvalue weighted by Crippen LogP contribution is 2.17. The minimum Gasteiger partial charge on any atom is -0.468 e. The Hall–Kier alpha value is -3.67. The zero-order chi connectivity index (χ0) is 40.1. The van der Waals surface area contributed by atoms with Crippen LogP contribution in [0.1, 0.15) is 88.0 Å². The van der Waals surface area contributed by atoms with E-state index in [4.69, 9.17) is 23.8 Å². The van der Waals surface area contributed by atoms with Crippen molar-refractivity contribution in [3.05, 3.63) is 0 Å². The van der Waals surface area contributed by atoms with Gasteiger partial charge in [0.05, 0.1) is 33.2 Å². The first-order chi connectivity index (χ1) is 24.4. The molecule has 0 aromatic heterocycles. The molecule has 0 aliphatic carbocycles. The molecule has 0 radical (unpaired) electrons. The van der Waals surface area contributed by atoms with Crippen molar-refractivity contribution in [1.82, 2.24) is 24.7 Å². The molecule has 2 rings (SSSR count). The van der Waals surface area contributed by atoms with E-state index in [-0.39, 0.29) is 71.5 Å². The third kappa shape index (κ3) is 18.3. The fourth-order valence-electron chi connectivity index (χ4n) is 5.65. The molecule has 0 N–H and O–H groups in total. The average Bonchev–Trinajstić information content (AvgIpc) is 3.30. The van der Waals surface area contributed by atoms with Gasteiger partial charge in [-0.05, 0) is 68.7 Å². The van der Waals surface area contributed by atoms with Crippen molar-refractivity contribution in [2.75, 3.05) is 79.1 Å². The predicted molar refractivity (Wildman–Crippen MR) is 191 cm³/mol. The Balaban J connectivity index is 2.40. The van der Waals surface area contributed by atoms with Gasteiger partial charge in [0.25, 0.3) is 11.8 Å². The summed E-state index contributed by atoms with van der Waals surface area (Å²) in [5, 5.41) is 0.459. The summed E-state index contributed by atoms with van der Waals surface area (Å²) in [7, 11) is 1.23. The lowest BCUT2D eigenvalue weighted by molar-refractivity contribution is -0.197. The minimum absolute atomic E-state index is 0.0148. The van der Waals surface area contributed by atoms with Gasteiger partial charge in [-0.2, -0.15) is 0 Å². The predicted octanol–water partition coefficient (Wildman–Crippen LogP) is 1.16. The van der Waals surface area contributed by atoms with E-state index in [0.29, 0.717) is 31.2 Å². The number of hydroxylamine groups is 2. The third-order valence-corrected chi connectivity index (χ3v) is 7.92. The lowest BCUT2D eigenvalue weighted by atomic mass is 10.1. The van der Waals surface area contributed by atoms with Crippen molar-refractivity contribution in [2.45, 2.75) is 111 Å². The molecule has 2 amide bonds. The molecule has 0 spiro atoms. The van der Waals surface area contributed by atoms with E-state index in [1.807, 2.05) is 19.6 Å². The molecule has 1 atom stereocenters. The first-order valence-corrected chi connectivity index (χ1v) is 18.2. The number of hydrogen-bond acceptors (Lipinski definition) is 16. The molecule has 302 valence electrons. The smallest absolute Gasteiger partial charge is 0.333 e. The van der Waals surface area contributed by atoms with E-state index >= 15 is 0 Å². The van der Waals surface area contributed by atoms with Crippen LogP contribution in [0.2, 0.25) is 0 Å². The zero-order valence-corrected chi connectivity index (χ0v) is 33.3. The van der Waals surface area contributed by atoms with Crippen molar-refractivity contribution in [2.24, 2.45) is 0 Å². The largest absolute Gasteiger partial charge is 0.468 e. The Bertz CT molecular complexity index is 1240. The molecule has 2 heterocycles. The number of carbonyl (C=O) groups is 7. The molecule has 1 unspecified atom stereocenters. The lowest BCUT2D eigenvalue weighted by Gasteiger charge is -2.36. The number of imide groups is 1. The van der Waals surface area contributed by atoms with E-state index in [1.54, 1.807) is 62.3 Å². The van der Waals surface area contributed by atoms with Gasteiger partial charge >= 0.3 is 29.8 Å². The van der Waals surface area contributed by atoms with E-state index in [9.17, 15) is 33.6 Å². The summed E-state index contributed by atoms with van der Waals surface area (Å²) in [6.07, 6.45) is -0.480. The van der Waals surface area contributed by atoms with E-state index in [0.717, 1.165) is 0 Å². The maximum atomic E-state index is 13.3. The molecule has 2 aliphatic rings. The molecule has 2 aliphatic heterocycles. The van der Waals surface area contributed by atoms with Gasteiger partial charge in [-0.25, -0.2) is 4.79 Å². The van der Waals surface area contributed by atoms with Gasteiger partial charge in [-0.15, -0.1) is 5.06 Å². The van der Waals surface area contributed by atoms with E-state index < -0.39 is 64.5 Å². The maximum Gasteiger partial charge on any atom is 0.333 e. The summed E-state index contributed by atoms with van der Waals surface area (Å²) in [4.78, 5) is 101. The average molecular weight is 756 g/mol. The number of ether oxygens (including phenoxy) is 4. The lowest BCUT2D eigenvalue weighted by Crippen LogP contribution is -2.52. The number of carbonyl (C=O) groups excluding carboxylic acids is 7. The molecule has 0 saturated carbocycles. The molecule has 0 bridgehead atoms. The van der Waals surface area contributed by atoms with Crippen LogP contribution in [0.3, 0.4) is 0 Å². The second-order valence-electron chi connectivity index (χ2n) is 16.2. The molecule has 17 nitrogen and oxygen atoms in total. The SMILES string of the molecule is COC(=O)C(CCC(=O)ON1C(=O)CCC1=O)N1CCN(CC(=O)OC(C)(C)C)CCN(CC(=O)OC(C)(C)C)CCN(CC(=O)OC(C)(C)C)CC1. The highest BCUT2D eigenvalue weighted by Gasteiger charge is 2.35. The van der Waals surface area contributed by atoms with Crippen LogP contribution in [0.5, 0.6) is 0 Å². The normalized spacial score (nSPS) is 18.8. The van der Waals surface area contributed by atoms with Crippen LogP contribution in [0, 0.1) is 0 Å². The summed E-state index contributed by atoms with van der Waals surface area (Å²) in [6.45, 7) is 18.3. The Morgan fingerprint density at radius 3 is 1.23 bits per heavy atom. The van der Waals surface area contributed by atoms with Crippen LogP contribution in [0.15, 0.2) is 0 Å². The van der Waals surface area contributed by atoms with Gasteiger partial charge in [0.1, 0.15) is 22.8 Å². The summed E-state index contributed by atoms with van der Waals surface area (Å²) in [5.74, 6) is -4.02. The monoisotopic (exact) mass is 755 g/mol. The molecule has 2 fully saturated rings. The Morgan fingerprint density at radius 1 is 0.566 bits per heavy atom. The van der Waals surface area contributed by atoms with Crippen LogP contribution < -0.4 is 0 Å². The summed E-state index contributed by atoms with van der Waals surface area (Å²) in [6, 6.07) is -0.962. The zero-order valence-electron chi connectivity index (χ0n) is 33.3. The topological polar surface area (TPSA) is 182 Å². The van der Waals surface area contributed by atoms with Crippen molar-refractivity contribution in [1.29, 1.82) is 0 Å². The summed E-state index contributed by atoms with van der Waals surface area (Å²) < 4.78 is 21.9. The number of rotatable bonds is 12. The quantitative estimate of drug-likeness (QED) is 0.157. The molecule has 17 heteroatoms. The first kappa shape index (κ1) is 45.5. The number of methoxy groups -OCH3 is 1. The summed E-state index contributed by atoms with van der Waals surface area (Å²) >= 11 is 0. The molecule has 0 aromatic rings. The van der Waals surface area contributed by atoms with Crippen molar-refractivity contribution < 1.29 is 57.3 Å². The molecule has 2 saturated heterocycles. The molecular weight excluding hydrogens is 694 g/mol. The van der Waals surface area contributed by atoms with E-state index in [2.05, 4.69) is 0 Å². The van der Waals surface area contributed by atoms with Crippen LogP contribution in [0.25, 0.3) is 0 Å². The van der Waals surface area contributed by atoms with Gasteiger partial charge in [0.15, 0.2) is 0 Å². The van der Waals surface area contributed by atoms with Crippen LogP contribution in [-0.2, 0) is 57.3 Å². The number of amides is 2. The van der Waals surface area contributed by atoms with Gasteiger partial charge in [-0.1, -0.05) is 0 Å². The number of hydrogen-bond donors (Lipinski definition) is 0. The second-order valence-corrected chi connectivity index (χ2v) is 16.2. The fraction of sp³-hybridized carbons (Fsp3) is 0.806. The standard InChI is InChI=1S/C36H61N5O12/c1-34(2,3)50-30(45)23-37-15-17-38(24-31(46)51-35(4,5)6)19-21-40(22-20-39(18-16-37)25-32(47)52-36(7,8)9)26(33(48)49-10)11-14-29(44)53-41-27(42)12-13-28(41)43/h26H,11-25H2,1-10H3. The Kier molecular flexibility index (Phi) is 17.3. The van der Waals surface area contributed by atoms with Gasteiger partial charge in [0, 0.05) is 65.2 Å². The van der Waals surface area contributed by atoms with Crippen molar-refractivity contribution in [3.8, 4) is 0 Å². The molecule has 0 aromatic carbocycles. The first-order valence-electron chi connectivity index (χ1n) is 18.2. The van der Waals surface area contributed by atoms with Crippen LogP contribution >= 0.6 is 0 Å². The highest BCUT2D eigenvalue weighted by atomic mass is 16.7. The fourth-order valence-corrected chi connectivity index (χ4v) is 5.65. The number of esters is 4. The van der Waals surface area contributed by atoms with Gasteiger partial charge in [0.2, 0.25) is 0 Å². The minimum atomic E-state index is -0.962. The number of nitrogens with zero attached hydrogens (tertiary/aromatic N) is 5. The van der Waals surface area contributed by atoms with Crippen molar-refractivity contribution >= 4 is 41.7 Å². The maximum absolute atomic E-state index is 13.3. The van der Waals surface area contributed by atoms with Gasteiger partial charge < -0.3 is 23.8 Å². The van der Waals surface area contributed by atoms with Gasteiger partial charge in [-0.3, -0.25) is 48.4 Å². The summed E-state index contributed by atoms with van der Waals surface area (Å²) in [5.41, 5.74) is -2.12.